The molecule has 62 heavy (non-hydrogen) atoms. The summed E-state index contributed by atoms with van der Waals surface area (Å²) in [6, 6.07) is 50.8. The molecule has 0 N–H and O–H groups in total. The van der Waals surface area contributed by atoms with Crippen molar-refractivity contribution in [3.05, 3.63) is 174 Å². The molecule has 0 radical (unpaired) electrons. The van der Waals surface area contributed by atoms with Crippen LogP contribution in [0, 0.1) is 32.6 Å². The van der Waals surface area contributed by atoms with E-state index in [1.54, 1.807) is 0 Å². The smallest absolute Gasteiger partial charge is 0.136 e. The van der Waals surface area contributed by atoms with Crippen molar-refractivity contribution in [2.75, 3.05) is 9.80 Å². The number of para-hydroxylation sites is 3. The molecule has 9 rings (SSSR count). The van der Waals surface area contributed by atoms with Gasteiger partial charge in [0.1, 0.15) is 5.82 Å². The van der Waals surface area contributed by atoms with Gasteiger partial charge in [0.05, 0.1) is 0 Å². The van der Waals surface area contributed by atoms with Crippen LogP contribution in [0.4, 0.5) is 22.7 Å². The average Bonchev–Trinajstić information content (AvgIpc) is 3.76. The monoisotopic (exact) mass is 994 g/mol. The van der Waals surface area contributed by atoms with Gasteiger partial charge >= 0.3 is 0 Å². The van der Waals surface area contributed by atoms with Crippen molar-refractivity contribution < 1.29 is 25.8 Å². The molecule has 318 valence electrons. The van der Waals surface area contributed by atoms with Gasteiger partial charge in [-0.3, -0.25) is 0 Å². The Labute approximate surface area is 382 Å². The maximum Gasteiger partial charge on any atom is 0.136 e. The fourth-order valence-corrected chi connectivity index (χ4v) is 8.62. The Morgan fingerprint density at radius 1 is 0.565 bits per heavy atom. The van der Waals surface area contributed by atoms with E-state index in [9.17, 15) is 0 Å². The van der Waals surface area contributed by atoms with Crippen molar-refractivity contribution in [1.29, 1.82) is 0 Å². The van der Waals surface area contributed by atoms with E-state index >= 15 is 0 Å². The SMILES string of the molecule is Cc1cc(C(C)(C)C)cc(C)c1-c1ccnc(-n2c3[c-]c(Oc4[c-]c(N5[CH-]N(c6cccc(C(C)(C)C)c6)c6ccccc65)cc(C(C)(C)C)c4)ccc3c3ccccc32)c1.[Pt]. The maximum absolute atomic E-state index is 6.83. The van der Waals surface area contributed by atoms with E-state index in [1.807, 2.05) is 12.3 Å². The molecule has 1 aliphatic rings. The van der Waals surface area contributed by atoms with Gasteiger partial charge in [-0.15, -0.1) is 53.6 Å². The first-order valence-electron chi connectivity index (χ1n) is 21.4. The molecule has 0 bridgehead atoms. The molecule has 0 amide bonds. The van der Waals surface area contributed by atoms with Gasteiger partial charge in [0.2, 0.25) is 0 Å². The van der Waals surface area contributed by atoms with E-state index < -0.39 is 0 Å². The fraction of sp³-hybridized carbons (Fsp3) is 0.250. The van der Waals surface area contributed by atoms with Crippen LogP contribution in [0.15, 0.2) is 128 Å². The molecule has 1 aliphatic heterocycles. The van der Waals surface area contributed by atoms with Crippen LogP contribution in [0.5, 0.6) is 11.5 Å². The van der Waals surface area contributed by atoms with Gasteiger partial charge in [0.25, 0.3) is 0 Å². The number of fused-ring (bicyclic) bond motifs is 4. The van der Waals surface area contributed by atoms with Crippen molar-refractivity contribution >= 4 is 44.6 Å². The number of hydrogen-bond donors (Lipinski definition) is 0. The summed E-state index contributed by atoms with van der Waals surface area (Å²) >= 11 is 0. The molecule has 2 aromatic heterocycles. The van der Waals surface area contributed by atoms with Gasteiger partial charge in [-0.2, -0.15) is 6.07 Å². The Hall–Kier alpha value is -5.64. The largest absolute Gasteiger partial charge is 0.509 e. The Kier molecular flexibility index (Phi) is 11.0. The summed E-state index contributed by atoms with van der Waals surface area (Å²) < 4.78 is 9.04. The van der Waals surface area contributed by atoms with E-state index in [1.165, 1.54) is 27.8 Å². The second kappa shape index (κ2) is 15.9. The van der Waals surface area contributed by atoms with Crippen molar-refractivity contribution in [2.45, 2.75) is 92.4 Å². The first-order valence-corrected chi connectivity index (χ1v) is 21.4. The van der Waals surface area contributed by atoms with Crippen LogP contribution < -0.4 is 14.5 Å². The second-order valence-electron chi connectivity index (χ2n) is 19.7. The van der Waals surface area contributed by atoms with Crippen LogP contribution in [0.1, 0.15) is 90.1 Å². The van der Waals surface area contributed by atoms with Crippen LogP contribution in [0.25, 0.3) is 38.8 Å². The summed E-state index contributed by atoms with van der Waals surface area (Å²) in [5, 5.41) is 2.22. The summed E-state index contributed by atoms with van der Waals surface area (Å²) in [7, 11) is 0. The van der Waals surface area contributed by atoms with Gasteiger partial charge in [0, 0.05) is 61.3 Å². The molecule has 6 heteroatoms. The minimum atomic E-state index is -0.150. The maximum atomic E-state index is 6.83. The third kappa shape index (κ3) is 7.97. The minimum Gasteiger partial charge on any atom is -0.509 e. The number of aryl methyl sites for hydroxylation is 2. The van der Waals surface area contributed by atoms with Crippen LogP contribution >= 0.6 is 0 Å². The molecule has 0 atom stereocenters. The third-order valence-electron chi connectivity index (χ3n) is 12.0. The van der Waals surface area contributed by atoms with Crippen molar-refractivity contribution in [2.24, 2.45) is 0 Å². The van der Waals surface area contributed by atoms with Crippen molar-refractivity contribution in [3.8, 4) is 28.4 Å². The zero-order valence-electron chi connectivity index (χ0n) is 37.7. The normalized spacial score (nSPS) is 13.1. The van der Waals surface area contributed by atoms with Gasteiger partial charge in [0.15, 0.2) is 0 Å². The predicted octanol–water partition coefficient (Wildman–Crippen LogP) is 15.2. The first kappa shape index (κ1) is 43.0. The van der Waals surface area contributed by atoms with E-state index in [4.69, 9.17) is 9.72 Å². The van der Waals surface area contributed by atoms with Crippen LogP contribution in [-0.4, -0.2) is 9.55 Å². The predicted molar refractivity (Wildman–Crippen MR) is 255 cm³/mol. The minimum absolute atomic E-state index is 0. The van der Waals surface area contributed by atoms with Gasteiger partial charge in [-0.1, -0.05) is 122 Å². The van der Waals surface area contributed by atoms with Crippen LogP contribution in [0.2, 0.25) is 0 Å². The molecule has 0 unspecified atom stereocenters. The summed E-state index contributed by atoms with van der Waals surface area (Å²) in [6.45, 7) is 26.9. The summed E-state index contributed by atoms with van der Waals surface area (Å²) in [6.07, 6.45) is 1.92. The molecule has 0 aliphatic carbocycles. The number of benzene rings is 6. The number of ether oxygens (including phenoxy) is 1. The molecule has 0 saturated heterocycles. The number of pyridine rings is 1. The van der Waals surface area contributed by atoms with Gasteiger partial charge < -0.3 is 19.1 Å². The number of hydrogen-bond acceptors (Lipinski definition) is 4. The Balaban J connectivity index is 0.00000529. The first-order chi connectivity index (χ1) is 28.9. The van der Waals surface area contributed by atoms with E-state index in [0.717, 1.165) is 61.5 Å². The molecule has 8 aromatic rings. The third-order valence-corrected chi connectivity index (χ3v) is 12.0. The second-order valence-corrected chi connectivity index (χ2v) is 19.7. The van der Waals surface area contributed by atoms with Crippen molar-refractivity contribution in [3.63, 3.8) is 0 Å². The molecular formula is C56H55N4OPt-3. The quantitative estimate of drug-likeness (QED) is 0.155. The standard InChI is InChI=1S/C56H55N4O.Pt/c1-36-27-40(55(6,7)8)28-37(2)53(36)38-25-26-57-52(29-38)60-48-20-13-12-19-46(48)47-24-23-44(34-51(47)60)61-45-32-41(56(9,10)11)31-43(33-45)59-35-58(49-21-14-15-22-50(49)59)42-18-16-17-39(30-42)54(3,4)5;/h12-32,35H,1-11H3;/q-3;. The summed E-state index contributed by atoms with van der Waals surface area (Å²) in [5.74, 6) is 2.07. The number of anilines is 4. The zero-order chi connectivity index (χ0) is 43.0. The molecular weight excluding hydrogens is 940 g/mol. The molecule has 3 heterocycles. The Morgan fingerprint density at radius 3 is 1.90 bits per heavy atom. The van der Waals surface area contributed by atoms with Gasteiger partial charge in [-0.25, -0.2) is 4.98 Å². The Morgan fingerprint density at radius 2 is 1.21 bits per heavy atom. The molecule has 0 saturated carbocycles. The average molecular weight is 995 g/mol. The van der Waals surface area contributed by atoms with E-state index in [0.29, 0.717) is 11.5 Å². The van der Waals surface area contributed by atoms with Gasteiger partial charge in [-0.05, 0) is 111 Å². The topological polar surface area (TPSA) is 33.5 Å². The zero-order valence-corrected chi connectivity index (χ0v) is 40.0. The van der Waals surface area contributed by atoms with Crippen LogP contribution in [0.3, 0.4) is 0 Å². The van der Waals surface area contributed by atoms with Crippen molar-refractivity contribution in [1.82, 2.24) is 9.55 Å². The van der Waals surface area contributed by atoms with E-state index in [2.05, 4.69) is 225 Å². The molecule has 5 nitrogen and oxygen atoms in total. The number of aromatic nitrogens is 2. The number of nitrogens with zero attached hydrogens (tertiary/aromatic N) is 4. The van der Waals surface area contributed by atoms with E-state index in [-0.39, 0.29) is 37.3 Å². The molecule has 0 fully saturated rings. The summed E-state index contributed by atoms with van der Waals surface area (Å²) in [5.41, 5.74) is 14.8. The summed E-state index contributed by atoms with van der Waals surface area (Å²) in [4.78, 5) is 9.48. The molecule has 6 aromatic carbocycles. The molecule has 0 spiro atoms. The number of rotatable bonds is 6. The fourth-order valence-electron chi connectivity index (χ4n) is 8.62. The Bertz CT molecular complexity index is 2950. The van der Waals surface area contributed by atoms with Crippen LogP contribution in [-0.2, 0) is 37.3 Å².